The van der Waals surface area contributed by atoms with E-state index in [1.54, 1.807) is 11.8 Å². The Bertz CT molecular complexity index is 1130. The summed E-state index contributed by atoms with van der Waals surface area (Å²) in [5, 5.41) is 1.44. The molecule has 8 heteroatoms. The van der Waals surface area contributed by atoms with Crippen LogP contribution in [0.4, 0.5) is 0 Å². The van der Waals surface area contributed by atoms with Crippen molar-refractivity contribution in [2.75, 3.05) is 19.5 Å². The molecule has 5 nitrogen and oxygen atoms in total. The molecule has 0 aliphatic carbocycles. The van der Waals surface area contributed by atoms with E-state index in [2.05, 4.69) is 19.1 Å². The van der Waals surface area contributed by atoms with Gasteiger partial charge in [-0.05, 0) is 41.8 Å². The number of ether oxygens (including phenoxy) is 2. The fourth-order valence-corrected chi connectivity index (χ4v) is 5.62. The fraction of sp³-hybridized carbons (Fsp3) is 0.333. The number of methoxy groups -OCH3 is 1. The highest BCUT2D eigenvalue weighted by Gasteiger charge is 2.41. The Morgan fingerprint density at radius 1 is 1.00 bits per heavy atom. The van der Waals surface area contributed by atoms with Crippen molar-refractivity contribution in [3.63, 3.8) is 0 Å². The van der Waals surface area contributed by atoms with Gasteiger partial charge >= 0.3 is 5.97 Å². The number of esters is 1. The molecule has 3 aromatic carbocycles. The Labute approximate surface area is 239 Å². The molecule has 0 radical (unpaired) electrons. The van der Waals surface area contributed by atoms with Crippen LogP contribution in [0.2, 0.25) is 10.0 Å². The van der Waals surface area contributed by atoms with E-state index in [9.17, 15) is 9.59 Å². The molecule has 3 atom stereocenters. The maximum atomic E-state index is 13.4. The monoisotopic (exact) mass is 573 g/mol. The average Bonchev–Trinajstić information content (AvgIpc) is 2.94. The quantitative estimate of drug-likeness (QED) is 0.253. The number of nitrogens with zero attached hydrogens (tertiary/aromatic N) is 1. The molecule has 0 N–H and O–H groups in total. The van der Waals surface area contributed by atoms with Crippen LogP contribution >= 0.6 is 35.0 Å². The molecule has 1 fully saturated rings. The molecule has 1 aliphatic rings. The van der Waals surface area contributed by atoms with Gasteiger partial charge in [0, 0.05) is 27.6 Å². The number of hydrogen-bond acceptors (Lipinski definition) is 5. The smallest absolute Gasteiger partial charge is 0.308 e. The van der Waals surface area contributed by atoms with Crippen LogP contribution in [-0.4, -0.2) is 48.4 Å². The van der Waals surface area contributed by atoms with Crippen LogP contribution in [0, 0.1) is 0 Å². The summed E-state index contributed by atoms with van der Waals surface area (Å²) in [5.41, 5.74) is 2.23. The van der Waals surface area contributed by atoms with Crippen LogP contribution in [0.3, 0.4) is 0 Å². The predicted molar refractivity (Wildman–Crippen MR) is 156 cm³/mol. The van der Waals surface area contributed by atoms with Crippen LogP contribution in [0.15, 0.2) is 84.9 Å². The summed E-state index contributed by atoms with van der Waals surface area (Å²) >= 11 is 13.4. The number of carbonyl (C=O) groups excluding carboxylic acids is 2. The normalized spacial score (nSPS) is 17.8. The zero-order valence-electron chi connectivity index (χ0n) is 21.6. The third-order valence-corrected chi connectivity index (χ3v) is 7.84. The highest BCUT2D eigenvalue weighted by Crippen LogP contribution is 2.33. The fourth-order valence-electron chi connectivity index (χ4n) is 4.13. The Balaban J connectivity index is 0.000000494. The molecule has 1 amide bonds. The van der Waals surface area contributed by atoms with E-state index in [1.807, 2.05) is 77.7 Å². The highest BCUT2D eigenvalue weighted by atomic mass is 35.5. The van der Waals surface area contributed by atoms with E-state index >= 15 is 0 Å². The third kappa shape index (κ3) is 9.05. The van der Waals surface area contributed by atoms with Gasteiger partial charge in [-0.3, -0.25) is 9.59 Å². The summed E-state index contributed by atoms with van der Waals surface area (Å²) in [7, 11) is 1.32. The van der Waals surface area contributed by atoms with E-state index in [0.29, 0.717) is 11.6 Å². The number of hydrogen-bond donors (Lipinski definition) is 0. The number of rotatable bonds is 9. The third-order valence-electron chi connectivity index (χ3n) is 6.18. The molecule has 0 spiro atoms. The van der Waals surface area contributed by atoms with Gasteiger partial charge in [0.2, 0.25) is 0 Å². The Morgan fingerprint density at radius 2 is 1.61 bits per heavy atom. The number of morpholine rings is 1. The standard InChI is InChI=1S/C24H28ClNO4S.C6H5Cl/c1-3-20(16-31-15-17-7-5-4-6-8-17)26-21(18-9-11-19(25)12-10-18)14-30-22(24(26)28)13-23(27)29-2;7-6-4-2-1-3-5-6/h4-12,20-22H,3,13-16H2,1-2H3;1-5H. The minimum Gasteiger partial charge on any atom is -0.469 e. The lowest BCUT2D eigenvalue weighted by atomic mass is 9.99. The molecule has 1 heterocycles. The number of benzene rings is 3. The number of thioether (sulfide) groups is 1. The minimum absolute atomic E-state index is 0.0194. The maximum Gasteiger partial charge on any atom is 0.308 e. The second kappa shape index (κ2) is 15.8. The maximum absolute atomic E-state index is 13.4. The summed E-state index contributed by atoms with van der Waals surface area (Å²) < 4.78 is 10.6. The molecule has 3 aromatic rings. The molecular formula is C30H33Cl2NO4S. The Morgan fingerprint density at radius 3 is 2.16 bits per heavy atom. The predicted octanol–water partition coefficient (Wildman–Crippen LogP) is 7.22. The van der Waals surface area contributed by atoms with Crippen molar-refractivity contribution < 1.29 is 19.1 Å². The molecule has 202 valence electrons. The second-order valence-corrected chi connectivity index (χ2v) is 10.7. The summed E-state index contributed by atoms with van der Waals surface area (Å²) in [4.78, 5) is 27.1. The van der Waals surface area contributed by atoms with Gasteiger partial charge in [-0.15, -0.1) is 0 Å². The molecule has 38 heavy (non-hydrogen) atoms. The van der Waals surface area contributed by atoms with Gasteiger partial charge in [0.15, 0.2) is 0 Å². The topological polar surface area (TPSA) is 55.8 Å². The number of carbonyl (C=O) groups is 2. The molecule has 3 unspecified atom stereocenters. The van der Waals surface area contributed by atoms with Gasteiger partial charge in [0.05, 0.1) is 26.2 Å². The molecule has 1 saturated heterocycles. The van der Waals surface area contributed by atoms with Crippen molar-refractivity contribution in [1.29, 1.82) is 0 Å². The molecule has 0 aromatic heterocycles. The Kier molecular flexibility index (Phi) is 12.5. The van der Waals surface area contributed by atoms with Gasteiger partial charge < -0.3 is 14.4 Å². The molecule has 0 bridgehead atoms. The van der Waals surface area contributed by atoms with Crippen molar-refractivity contribution in [2.24, 2.45) is 0 Å². The van der Waals surface area contributed by atoms with Gasteiger partial charge in [0.1, 0.15) is 6.10 Å². The van der Waals surface area contributed by atoms with Crippen molar-refractivity contribution in [3.05, 3.63) is 106 Å². The van der Waals surface area contributed by atoms with Crippen molar-refractivity contribution in [3.8, 4) is 0 Å². The van der Waals surface area contributed by atoms with Gasteiger partial charge in [-0.1, -0.05) is 90.8 Å². The van der Waals surface area contributed by atoms with Crippen molar-refractivity contribution in [1.82, 2.24) is 4.90 Å². The summed E-state index contributed by atoms with van der Waals surface area (Å²) in [6.07, 6.45) is -0.0841. The van der Waals surface area contributed by atoms with Crippen LogP contribution < -0.4 is 0 Å². The van der Waals surface area contributed by atoms with Gasteiger partial charge in [-0.2, -0.15) is 11.8 Å². The Hall–Kier alpha value is -2.51. The highest BCUT2D eigenvalue weighted by molar-refractivity contribution is 7.98. The van der Waals surface area contributed by atoms with Crippen LogP contribution in [0.1, 0.15) is 36.9 Å². The largest absolute Gasteiger partial charge is 0.469 e. The van der Waals surface area contributed by atoms with E-state index in [4.69, 9.17) is 32.7 Å². The average molecular weight is 575 g/mol. The van der Waals surface area contributed by atoms with Gasteiger partial charge in [-0.25, -0.2) is 0 Å². The van der Waals surface area contributed by atoms with Gasteiger partial charge in [0.25, 0.3) is 5.91 Å². The first-order valence-electron chi connectivity index (χ1n) is 12.5. The zero-order valence-corrected chi connectivity index (χ0v) is 23.9. The van der Waals surface area contributed by atoms with Crippen LogP contribution in [0.25, 0.3) is 0 Å². The first-order chi connectivity index (χ1) is 18.4. The lowest BCUT2D eigenvalue weighted by Crippen LogP contribution is -2.55. The lowest BCUT2D eigenvalue weighted by Gasteiger charge is -2.43. The van der Waals surface area contributed by atoms with E-state index in [1.165, 1.54) is 12.7 Å². The number of amides is 1. The zero-order chi connectivity index (χ0) is 27.3. The summed E-state index contributed by atoms with van der Waals surface area (Å²) in [5.74, 6) is 1.07. The van der Waals surface area contributed by atoms with E-state index in [-0.39, 0.29) is 24.4 Å². The van der Waals surface area contributed by atoms with Crippen LogP contribution in [0.5, 0.6) is 0 Å². The summed E-state index contributed by atoms with van der Waals surface area (Å²) in [6, 6.07) is 27.0. The van der Waals surface area contributed by atoms with Crippen molar-refractivity contribution >= 4 is 46.8 Å². The first kappa shape index (κ1) is 30.0. The summed E-state index contributed by atoms with van der Waals surface area (Å²) in [6.45, 7) is 2.42. The second-order valence-electron chi connectivity index (χ2n) is 8.77. The first-order valence-corrected chi connectivity index (χ1v) is 14.4. The molecular weight excluding hydrogens is 541 g/mol. The molecule has 1 aliphatic heterocycles. The number of halogens is 2. The van der Waals surface area contributed by atoms with E-state index in [0.717, 1.165) is 28.5 Å². The van der Waals surface area contributed by atoms with Crippen molar-refractivity contribution in [2.45, 2.75) is 43.7 Å². The SMILES string of the molecule is CCC(CSCc1ccccc1)N1C(=O)C(CC(=O)OC)OCC1c1ccc(Cl)cc1.Clc1ccccc1. The molecule has 4 rings (SSSR count). The van der Waals surface area contributed by atoms with Crippen LogP contribution in [-0.2, 0) is 24.8 Å². The van der Waals surface area contributed by atoms with E-state index < -0.39 is 12.1 Å². The minimum atomic E-state index is -0.816. The lowest BCUT2D eigenvalue weighted by molar-refractivity contribution is -0.169. The molecule has 0 saturated carbocycles.